The van der Waals surface area contributed by atoms with E-state index in [9.17, 15) is 9.90 Å². The van der Waals surface area contributed by atoms with E-state index in [2.05, 4.69) is 10.5 Å². The van der Waals surface area contributed by atoms with Crippen molar-refractivity contribution in [1.29, 1.82) is 0 Å². The summed E-state index contributed by atoms with van der Waals surface area (Å²) in [4.78, 5) is 10.7. The maximum atomic E-state index is 10.7. The van der Waals surface area contributed by atoms with Gasteiger partial charge >= 0.3 is 0 Å². The summed E-state index contributed by atoms with van der Waals surface area (Å²) in [5.41, 5.74) is 2.78. The van der Waals surface area contributed by atoms with Crippen LogP contribution >= 0.6 is 0 Å². The summed E-state index contributed by atoms with van der Waals surface area (Å²) in [6.45, 7) is 1.63. The van der Waals surface area contributed by atoms with E-state index in [1.807, 2.05) is 6.92 Å². The number of aromatic hydroxyl groups is 1. The van der Waals surface area contributed by atoms with E-state index in [1.165, 1.54) is 12.3 Å². The maximum absolute atomic E-state index is 10.7. The van der Waals surface area contributed by atoms with Crippen molar-refractivity contribution in [3.63, 3.8) is 0 Å². The van der Waals surface area contributed by atoms with Crippen LogP contribution < -0.4 is 10.2 Å². The fourth-order valence-corrected chi connectivity index (χ4v) is 1.10. The number of nitrogens with one attached hydrogen (secondary N) is 1. The normalized spacial score (nSPS) is 10.5. The monoisotopic (exact) mass is 238 g/mol. The van der Waals surface area contributed by atoms with Gasteiger partial charge in [0.2, 0.25) is 0 Å². The topological polar surface area (TPSA) is 91.2 Å². The average molecular weight is 238 g/mol. The zero-order valence-electron chi connectivity index (χ0n) is 9.38. The van der Waals surface area contributed by atoms with Crippen molar-refractivity contribution in [3.8, 4) is 11.5 Å². The first-order chi connectivity index (χ1) is 8.17. The fraction of sp³-hybridized carbons (Fsp3) is 0.273. The molecule has 17 heavy (non-hydrogen) atoms. The van der Waals surface area contributed by atoms with Crippen LogP contribution in [0.15, 0.2) is 23.3 Å². The minimum Gasteiger partial charge on any atom is -0.504 e. The van der Waals surface area contributed by atoms with E-state index in [4.69, 9.17) is 9.84 Å². The number of benzene rings is 1. The molecule has 6 nitrogen and oxygen atoms in total. The largest absolute Gasteiger partial charge is 0.504 e. The van der Waals surface area contributed by atoms with Crippen molar-refractivity contribution in [2.45, 2.75) is 6.92 Å². The highest BCUT2D eigenvalue weighted by atomic mass is 16.5. The van der Waals surface area contributed by atoms with Gasteiger partial charge in [0, 0.05) is 0 Å². The van der Waals surface area contributed by atoms with Crippen LogP contribution in [0.1, 0.15) is 12.5 Å². The quantitative estimate of drug-likeness (QED) is 0.506. The van der Waals surface area contributed by atoms with Gasteiger partial charge in [-0.2, -0.15) is 5.10 Å². The molecule has 3 N–H and O–H groups in total. The molecule has 92 valence electrons. The molecule has 0 aliphatic rings. The maximum Gasteiger partial charge on any atom is 0.265 e. The molecule has 0 aliphatic heterocycles. The van der Waals surface area contributed by atoms with Crippen molar-refractivity contribution in [3.05, 3.63) is 23.8 Å². The Labute approximate surface area is 98.5 Å². The van der Waals surface area contributed by atoms with Crippen LogP contribution in [0.4, 0.5) is 0 Å². The summed E-state index contributed by atoms with van der Waals surface area (Å²) in [5, 5.41) is 21.5. The minimum absolute atomic E-state index is 0.0448. The first-order valence-electron chi connectivity index (χ1n) is 5.06. The van der Waals surface area contributed by atoms with Gasteiger partial charge in [0.25, 0.3) is 5.91 Å². The van der Waals surface area contributed by atoms with Crippen LogP contribution in [-0.2, 0) is 4.79 Å². The molecule has 0 atom stereocenters. The standard InChI is InChI=1S/C11H14N2O4/c1-2-17-10-5-8(3-4-9(10)15)6-12-13-11(16)7-14/h3-6,14-15H,2,7H2,1H3,(H,13,16)/b12-6-. The number of phenolic OH excluding ortho intramolecular Hbond substituents is 1. The molecular weight excluding hydrogens is 224 g/mol. The molecule has 0 radical (unpaired) electrons. The number of hydrogen-bond acceptors (Lipinski definition) is 5. The van der Waals surface area contributed by atoms with E-state index >= 15 is 0 Å². The third kappa shape index (κ3) is 4.12. The van der Waals surface area contributed by atoms with Gasteiger partial charge in [-0.05, 0) is 30.7 Å². The lowest BCUT2D eigenvalue weighted by atomic mass is 10.2. The number of rotatable bonds is 5. The second-order valence-electron chi connectivity index (χ2n) is 3.11. The predicted octanol–water partition coefficient (Wildman–Crippen LogP) is 0.233. The minimum atomic E-state index is -0.614. The zero-order chi connectivity index (χ0) is 12.7. The molecular formula is C11H14N2O4. The van der Waals surface area contributed by atoms with E-state index in [0.717, 1.165) is 0 Å². The van der Waals surface area contributed by atoms with Crippen molar-refractivity contribution < 1.29 is 19.7 Å². The van der Waals surface area contributed by atoms with Crippen molar-refractivity contribution in [2.24, 2.45) is 5.10 Å². The van der Waals surface area contributed by atoms with Crippen LogP contribution in [-0.4, -0.2) is 35.5 Å². The summed E-state index contributed by atoms with van der Waals surface area (Å²) in [5.74, 6) is -0.196. The Bertz CT molecular complexity index is 418. The molecule has 6 heteroatoms. The van der Waals surface area contributed by atoms with E-state index in [0.29, 0.717) is 17.9 Å². The zero-order valence-corrected chi connectivity index (χ0v) is 9.38. The Hall–Kier alpha value is -2.08. The van der Waals surface area contributed by atoms with Crippen molar-refractivity contribution in [1.82, 2.24) is 5.43 Å². The van der Waals surface area contributed by atoms with Gasteiger partial charge < -0.3 is 14.9 Å². The highest BCUT2D eigenvalue weighted by molar-refractivity contribution is 5.83. The number of amides is 1. The number of carbonyl (C=O) groups is 1. The number of aliphatic hydroxyl groups excluding tert-OH is 1. The second kappa shape index (κ2) is 6.49. The van der Waals surface area contributed by atoms with Crippen molar-refractivity contribution >= 4 is 12.1 Å². The highest BCUT2D eigenvalue weighted by Crippen LogP contribution is 2.25. The summed E-state index contributed by atoms with van der Waals surface area (Å²) in [7, 11) is 0. The number of nitrogens with zero attached hydrogens (tertiary/aromatic N) is 1. The smallest absolute Gasteiger partial charge is 0.265 e. The summed E-state index contributed by atoms with van der Waals surface area (Å²) in [6, 6.07) is 4.68. The number of hydrogen-bond donors (Lipinski definition) is 3. The molecule has 0 aromatic heterocycles. The lowest BCUT2D eigenvalue weighted by Crippen LogP contribution is -2.20. The van der Waals surface area contributed by atoms with Gasteiger partial charge in [-0.3, -0.25) is 4.79 Å². The molecule has 0 fully saturated rings. The SMILES string of the molecule is CCOc1cc(/C=N\NC(=O)CO)ccc1O. The van der Waals surface area contributed by atoms with Crippen LogP contribution in [0.3, 0.4) is 0 Å². The summed E-state index contributed by atoms with van der Waals surface area (Å²) in [6.07, 6.45) is 1.38. The molecule has 1 rings (SSSR count). The fourth-order valence-electron chi connectivity index (χ4n) is 1.10. The number of hydrazone groups is 1. The van der Waals surface area contributed by atoms with E-state index < -0.39 is 12.5 Å². The highest BCUT2D eigenvalue weighted by Gasteiger charge is 2.02. The van der Waals surface area contributed by atoms with Gasteiger partial charge in [0.15, 0.2) is 11.5 Å². The molecule has 0 saturated heterocycles. The second-order valence-corrected chi connectivity index (χ2v) is 3.11. The number of carbonyl (C=O) groups excluding carboxylic acids is 1. The van der Waals surface area contributed by atoms with Crippen LogP contribution in [0.25, 0.3) is 0 Å². The molecule has 1 amide bonds. The number of ether oxygens (including phenoxy) is 1. The Kier molecular flexibility index (Phi) is 4.96. The predicted molar refractivity (Wildman–Crippen MR) is 62.1 cm³/mol. The molecule has 0 aliphatic carbocycles. The Morgan fingerprint density at radius 3 is 3.00 bits per heavy atom. The first kappa shape index (κ1) is 13.0. The Morgan fingerprint density at radius 2 is 2.35 bits per heavy atom. The third-order valence-corrected chi connectivity index (χ3v) is 1.83. The van der Waals surface area contributed by atoms with E-state index in [-0.39, 0.29) is 5.75 Å². The summed E-state index contributed by atoms with van der Waals surface area (Å²) < 4.78 is 5.19. The summed E-state index contributed by atoms with van der Waals surface area (Å²) >= 11 is 0. The molecule has 0 unspecified atom stereocenters. The van der Waals surface area contributed by atoms with Gasteiger partial charge in [0.05, 0.1) is 12.8 Å². The molecule has 1 aromatic rings. The molecule has 0 saturated carbocycles. The number of aliphatic hydroxyl groups is 1. The van der Waals surface area contributed by atoms with E-state index in [1.54, 1.807) is 12.1 Å². The van der Waals surface area contributed by atoms with Gasteiger partial charge in [0.1, 0.15) is 6.61 Å². The van der Waals surface area contributed by atoms with Crippen LogP contribution in [0.5, 0.6) is 11.5 Å². The average Bonchev–Trinajstić information content (AvgIpc) is 2.33. The molecule has 1 aromatic carbocycles. The lowest BCUT2D eigenvalue weighted by molar-refractivity contribution is -0.123. The van der Waals surface area contributed by atoms with Gasteiger partial charge in [-0.15, -0.1) is 0 Å². The van der Waals surface area contributed by atoms with Gasteiger partial charge in [-0.25, -0.2) is 5.43 Å². The van der Waals surface area contributed by atoms with Crippen LogP contribution in [0, 0.1) is 0 Å². The van der Waals surface area contributed by atoms with Gasteiger partial charge in [-0.1, -0.05) is 0 Å². The van der Waals surface area contributed by atoms with Crippen LogP contribution in [0.2, 0.25) is 0 Å². The van der Waals surface area contributed by atoms with Crippen molar-refractivity contribution in [2.75, 3.05) is 13.2 Å². The Balaban J connectivity index is 2.71. The molecule has 0 bridgehead atoms. The third-order valence-electron chi connectivity index (χ3n) is 1.83. The molecule has 0 heterocycles. The Morgan fingerprint density at radius 1 is 1.59 bits per heavy atom. The number of phenols is 1. The first-order valence-corrected chi connectivity index (χ1v) is 5.06. The molecule has 0 spiro atoms. The lowest BCUT2D eigenvalue weighted by Gasteiger charge is -2.05.